The lowest BCUT2D eigenvalue weighted by Gasteiger charge is -2.36. The molecule has 0 spiro atoms. The predicted molar refractivity (Wildman–Crippen MR) is 62.4 cm³/mol. The molecule has 18 heavy (non-hydrogen) atoms. The molecule has 100 valence electrons. The Labute approximate surface area is 108 Å². The van der Waals surface area contributed by atoms with Gasteiger partial charge in [-0.1, -0.05) is 29.8 Å². The monoisotopic (exact) mass is 279 g/mol. The third-order valence-electron chi connectivity index (χ3n) is 2.97. The molecule has 0 saturated heterocycles. The van der Waals surface area contributed by atoms with Crippen LogP contribution < -0.4 is 5.48 Å². The molecule has 2 rings (SSSR count). The van der Waals surface area contributed by atoms with Crippen LogP contribution in [0, 0.1) is 0 Å². The molecule has 6 heteroatoms. The van der Waals surface area contributed by atoms with Gasteiger partial charge in [0, 0.05) is 11.1 Å². The van der Waals surface area contributed by atoms with E-state index in [1.807, 2.05) is 24.3 Å². The van der Waals surface area contributed by atoms with Gasteiger partial charge < -0.3 is 0 Å². The number of hydrogen-bond donors (Lipinski definition) is 1. The highest BCUT2D eigenvalue weighted by molar-refractivity contribution is 6.31. The van der Waals surface area contributed by atoms with Crippen LogP contribution in [-0.2, 0) is 4.84 Å². The van der Waals surface area contributed by atoms with Gasteiger partial charge in [-0.15, -0.1) is 0 Å². The SMILES string of the molecule is FC(F)(F)CONC1CC(c2ccccc2Cl)C1. The van der Waals surface area contributed by atoms with Crippen molar-refractivity contribution in [3.8, 4) is 0 Å². The predicted octanol–water partition coefficient (Wildman–Crippen LogP) is 3.67. The molecular weight excluding hydrogens is 267 g/mol. The average Bonchev–Trinajstić information content (AvgIpc) is 2.21. The molecule has 1 aliphatic carbocycles. The van der Waals surface area contributed by atoms with E-state index in [2.05, 4.69) is 10.3 Å². The van der Waals surface area contributed by atoms with Crippen LogP contribution in [0.15, 0.2) is 24.3 Å². The van der Waals surface area contributed by atoms with E-state index in [1.54, 1.807) is 0 Å². The third-order valence-corrected chi connectivity index (χ3v) is 3.31. The van der Waals surface area contributed by atoms with Gasteiger partial charge >= 0.3 is 6.18 Å². The first-order valence-electron chi connectivity index (χ1n) is 5.64. The minimum Gasteiger partial charge on any atom is -0.292 e. The summed E-state index contributed by atoms with van der Waals surface area (Å²) in [7, 11) is 0. The fraction of sp³-hybridized carbons (Fsp3) is 0.500. The summed E-state index contributed by atoms with van der Waals surface area (Å²) in [6.45, 7) is -1.26. The number of halogens is 4. The van der Waals surface area contributed by atoms with Gasteiger partial charge in [-0.2, -0.15) is 18.7 Å². The third kappa shape index (κ3) is 3.60. The van der Waals surface area contributed by atoms with E-state index in [0.29, 0.717) is 10.9 Å². The maximum atomic E-state index is 11.8. The van der Waals surface area contributed by atoms with Crippen LogP contribution in [0.2, 0.25) is 5.02 Å². The number of benzene rings is 1. The Morgan fingerprint density at radius 2 is 1.94 bits per heavy atom. The summed E-state index contributed by atoms with van der Waals surface area (Å²) >= 11 is 6.04. The number of hydroxylamine groups is 1. The van der Waals surface area contributed by atoms with Crippen LogP contribution in [0.4, 0.5) is 13.2 Å². The number of rotatable bonds is 4. The Bertz CT molecular complexity index is 405. The van der Waals surface area contributed by atoms with Gasteiger partial charge in [-0.25, -0.2) is 0 Å². The van der Waals surface area contributed by atoms with Gasteiger partial charge in [0.1, 0.15) is 0 Å². The summed E-state index contributed by atoms with van der Waals surface area (Å²) in [5.74, 6) is 0.297. The zero-order valence-electron chi connectivity index (χ0n) is 9.51. The van der Waals surface area contributed by atoms with Crippen LogP contribution in [0.3, 0.4) is 0 Å². The second kappa shape index (κ2) is 5.47. The number of hydrogen-bond acceptors (Lipinski definition) is 2. The summed E-state index contributed by atoms with van der Waals surface area (Å²) in [5, 5.41) is 0.706. The highest BCUT2D eigenvalue weighted by Gasteiger charge is 2.33. The van der Waals surface area contributed by atoms with Gasteiger partial charge in [-0.05, 0) is 30.4 Å². The van der Waals surface area contributed by atoms with Crippen molar-refractivity contribution in [2.24, 2.45) is 0 Å². The van der Waals surface area contributed by atoms with Gasteiger partial charge in [0.15, 0.2) is 6.61 Å². The fourth-order valence-corrected chi connectivity index (χ4v) is 2.31. The summed E-state index contributed by atoms with van der Waals surface area (Å²) in [4.78, 5) is 4.41. The second-order valence-corrected chi connectivity index (χ2v) is 4.82. The standard InChI is InChI=1S/C12H13ClF3NO/c13-11-4-2-1-3-10(11)8-5-9(6-8)17-18-7-12(14,15)16/h1-4,8-9,17H,5-7H2. The van der Waals surface area contributed by atoms with Crippen LogP contribution in [0.25, 0.3) is 0 Å². The molecule has 0 aliphatic heterocycles. The average molecular weight is 280 g/mol. The van der Waals surface area contributed by atoms with Crippen molar-refractivity contribution in [1.82, 2.24) is 5.48 Å². The molecule has 0 bridgehead atoms. The Morgan fingerprint density at radius 3 is 2.56 bits per heavy atom. The highest BCUT2D eigenvalue weighted by atomic mass is 35.5. The van der Waals surface area contributed by atoms with E-state index in [4.69, 9.17) is 11.6 Å². The molecule has 1 aromatic carbocycles. The normalized spacial score (nSPS) is 23.8. The van der Waals surface area contributed by atoms with Crippen LogP contribution in [0.1, 0.15) is 24.3 Å². The Balaban J connectivity index is 1.73. The largest absolute Gasteiger partial charge is 0.413 e. The van der Waals surface area contributed by atoms with Crippen molar-refractivity contribution in [3.05, 3.63) is 34.9 Å². The van der Waals surface area contributed by atoms with Gasteiger partial charge in [0.25, 0.3) is 0 Å². The van der Waals surface area contributed by atoms with Crippen molar-refractivity contribution in [2.45, 2.75) is 31.0 Å². The zero-order chi connectivity index (χ0) is 13.2. The number of nitrogens with one attached hydrogen (secondary N) is 1. The van der Waals surface area contributed by atoms with Gasteiger partial charge in [0.05, 0.1) is 0 Å². The number of alkyl halides is 3. The molecule has 1 saturated carbocycles. The topological polar surface area (TPSA) is 21.3 Å². The molecule has 2 nitrogen and oxygen atoms in total. The summed E-state index contributed by atoms with van der Waals surface area (Å²) in [5.41, 5.74) is 3.48. The minimum absolute atomic E-state index is 0.0337. The maximum Gasteiger partial charge on any atom is 0.413 e. The van der Waals surface area contributed by atoms with E-state index >= 15 is 0 Å². The Kier molecular flexibility index (Phi) is 4.14. The van der Waals surface area contributed by atoms with E-state index in [9.17, 15) is 13.2 Å². The Morgan fingerprint density at radius 1 is 1.28 bits per heavy atom. The maximum absolute atomic E-state index is 11.8. The van der Waals surface area contributed by atoms with Crippen LogP contribution in [-0.4, -0.2) is 18.8 Å². The highest BCUT2D eigenvalue weighted by Crippen LogP contribution is 2.39. The first kappa shape index (κ1) is 13.6. The van der Waals surface area contributed by atoms with Crippen molar-refractivity contribution < 1.29 is 18.0 Å². The van der Waals surface area contributed by atoms with Crippen molar-refractivity contribution in [3.63, 3.8) is 0 Å². The van der Waals surface area contributed by atoms with Gasteiger partial charge in [-0.3, -0.25) is 4.84 Å². The van der Waals surface area contributed by atoms with E-state index in [1.165, 1.54) is 0 Å². The molecule has 0 amide bonds. The van der Waals surface area contributed by atoms with Crippen LogP contribution in [0.5, 0.6) is 0 Å². The van der Waals surface area contributed by atoms with Crippen molar-refractivity contribution >= 4 is 11.6 Å². The second-order valence-electron chi connectivity index (χ2n) is 4.41. The van der Waals surface area contributed by atoms with E-state index < -0.39 is 12.8 Å². The molecule has 0 atom stereocenters. The lowest BCUT2D eigenvalue weighted by molar-refractivity contribution is -0.195. The van der Waals surface area contributed by atoms with Crippen molar-refractivity contribution in [1.29, 1.82) is 0 Å². The van der Waals surface area contributed by atoms with Crippen molar-refractivity contribution in [2.75, 3.05) is 6.61 Å². The molecule has 0 unspecified atom stereocenters. The summed E-state index contributed by atoms with van der Waals surface area (Å²) < 4.78 is 35.5. The molecule has 1 aromatic rings. The van der Waals surface area contributed by atoms with E-state index in [0.717, 1.165) is 18.4 Å². The molecule has 0 aromatic heterocycles. The van der Waals surface area contributed by atoms with E-state index in [-0.39, 0.29) is 6.04 Å². The summed E-state index contributed by atoms with van der Waals surface area (Å²) in [6, 6.07) is 7.49. The molecule has 1 fully saturated rings. The lowest BCUT2D eigenvalue weighted by atomic mass is 9.76. The fourth-order valence-electron chi connectivity index (χ4n) is 2.02. The molecule has 0 heterocycles. The van der Waals surface area contributed by atoms with Crippen LogP contribution >= 0.6 is 11.6 Å². The molecule has 1 aliphatic rings. The van der Waals surface area contributed by atoms with Gasteiger partial charge in [0.2, 0.25) is 0 Å². The first-order valence-corrected chi connectivity index (χ1v) is 6.02. The Hall–Kier alpha value is -0.780. The minimum atomic E-state index is -4.29. The molecule has 1 N–H and O–H groups in total. The molecular formula is C12H13ClF3NO. The summed E-state index contributed by atoms with van der Waals surface area (Å²) in [6.07, 6.45) is -2.82. The zero-order valence-corrected chi connectivity index (χ0v) is 10.3. The lowest BCUT2D eigenvalue weighted by Crippen LogP contribution is -2.41. The molecule has 0 radical (unpaired) electrons. The smallest absolute Gasteiger partial charge is 0.292 e. The quantitative estimate of drug-likeness (QED) is 0.849. The first-order chi connectivity index (χ1) is 8.46.